The second-order valence-electron chi connectivity index (χ2n) is 10.3. The van der Waals surface area contributed by atoms with Crippen molar-refractivity contribution in [3.05, 3.63) is 124 Å². The van der Waals surface area contributed by atoms with Crippen LogP contribution < -0.4 is 14.9 Å². The third-order valence-corrected chi connectivity index (χ3v) is 9.23. The smallest absolute Gasteiger partial charge is 0.264 e. The Morgan fingerprint density at radius 3 is 2.26 bits per heavy atom. The summed E-state index contributed by atoms with van der Waals surface area (Å²) in [5.74, 6) is -0.902. The topological polar surface area (TPSA) is 105 Å². The minimum Gasteiger partial charge on any atom is -0.376 e. The van der Waals surface area contributed by atoms with Crippen molar-refractivity contribution in [3.8, 4) is 0 Å². The summed E-state index contributed by atoms with van der Waals surface area (Å²) in [5, 5.41) is 6.24. The summed E-state index contributed by atoms with van der Waals surface area (Å²) in [4.78, 5) is 26.9. The van der Waals surface area contributed by atoms with Crippen LogP contribution in [-0.4, -0.2) is 39.5 Å². The van der Waals surface area contributed by atoms with E-state index in [9.17, 15) is 18.0 Å². The summed E-state index contributed by atoms with van der Waals surface area (Å²) < 4.78 is 35.0. The van der Waals surface area contributed by atoms with Gasteiger partial charge in [-0.2, -0.15) is 0 Å². The van der Waals surface area contributed by atoms with Crippen molar-refractivity contribution in [1.29, 1.82) is 0 Å². The summed E-state index contributed by atoms with van der Waals surface area (Å²) in [6, 6.07) is 26.6. The zero-order valence-corrected chi connectivity index (χ0v) is 25.2. The van der Waals surface area contributed by atoms with Gasteiger partial charge in [-0.1, -0.05) is 65.7 Å². The number of halogens is 1. The lowest BCUT2D eigenvalue weighted by Gasteiger charge is -2.27. The van der Waals surface area contributed by atoms with E-state index in [2.05, 4.69) is 10.6 Å². The van der Waals surface area contributed by atoms with Crippen LogP contribution in [0.25, 0.3) is 0 Å². The fraction of sp³-hybridized carbons (Fsp3) is 0.212. The Hall–Kier alpha value is -4.18. The number of nitrogens with zero attached hydrogens (tertiary/aromatic N) is 1. The Balaban J connectivity index is 1.47. The number of sulfonamides is 1. The Kier molecular flexibility index (Phi) is 9.45. The van der Waals surface area contributed by atoms with Gasteiger partial charge in [0, 0.05) is 18.2 Å². The van der Waals surface area contributed by atoms with Crippen LogP contribution in [-0.2, 0) is 21.3 Å². The normalized spacial score (nSPS) is 14.7. The highest BCUT2D eigenvalue weighted by molar-refractivity contribution is 7.92. The van der Waals surface area contributed by atoms with Gasteiger partial charge in [-0.05, 0) is 73.9 Å². The molecule has 2 amide bonds. The van der Waals surface area contributed by atoms with Crippen molar-refractivity contribution in [1.82, 2.24) is 5.32 Å². The van der Waals surface area contributed by atoms with Crippen LogP contribution >= 0.6 is 11.6 Å². The van der Waals surface area contributed by atoms with Gasteiger partial charge in [0.05, 0.1) is 40.0 Å². The number of para-hydroxylation sites is 2. The Morgan fingerprint density at radius 2 is 1.56 bits per heavy atom. The number of hydrogen-bond acceptors (Lipinski definition) is 5. The molecule has 8 nitrogen and oxygen atoms in total. The van der Waals surface area contributed by atoms with E-state index in [4.69, 9.17) is 16.3 Å². The van der Waals surface area contributed by atoms with Gasteiger partial charge in [-0.25, -0.2) is 8.42 Å². The molecule has 10 heteroatoms. The first kappa shape index (κ1) is 30.3. The molecule has 0 aliphatic carbocycles. The predicted molar refractivity (Wildman–Crippen MR) is 168 cm³/mol. The molecule has 4 aromatic carbocycles. The van der Waals surface area contributed by atoms with Gasteiger partial charge in [0.2, 0.25) is 0 Å². The second-order valence-corrected chi connectivity index (χ2v) is 12.6. The van der Waals surface area contributed by atoms with Crippen LogP contribution in [0.2, 0.25) is 5.02 Å². The Bertz CT molecular complexity index is 1700. The van der Waals surface area contributed by atoms with Crippen LogP contribution in [0.15, 0.2) is 102 Å². The maximum atomic E-state index is 14.1. The Labute approximate surface area is 256 Å². The molecule has 1 saturated heterocycles. The van der Waals surface area contributed by atoms with E-state index in [1.165, 1.54) is 4.31 Å². The Morgan fingerprint density at radius 1 is 0.884 bits per heavy atom. The van der Waals surface area contributed by atoms with Gasteiger partial charge in [-0.3, -0.25) is 13.9 Å². The highest BCUT2D eigenvalue weighted by atomic mass is 35.5. The number of nitrogens with one attached hydrogen (secondary N) is 2. The summed E-state index contributed by atoms with van der Waals surface area (Å²) in [5.41, 5.74) is 2.51. The molecule has 0 spiro atoms. The van der Waals surface area contributed by atoms with Crippen molar-refractivity contribution in [2.45, 2.75) is 37.3 Å². The third kappa shape index (κ3) is 7.25. The van der Waals surface area contributed by atoms with Gasteiger partial charge in [0.1, 0.15) is 0 Å². The van der Waals surface area contributed by atoms with E-state index >= 15 is 0 Å². The molecular formula is C33H32ClN3O5S. The first-order valence-corrected chi connectivity index (χ1v) is 15.8. The molecule has 4 aromatic rings. The van der Waals surface area contributed by atoms with Crippen molar-refractivity contribution in [3.63, 3.8) is 0 Å². The zero-order valence-electron chi connectivity index (χ0n) is 23.6. The first-order valence-electron chi connectivity index (χ1n) is 14.0. The molecule has 0 aromatic heterocycles. The lowest BCUT2D eigenvalue weighted by Crippen LogP contribution is -2.33. The zero-order chi connectivity index (χ0) is 30.4. The molecular weight excluding hydrogens is 586 g/mol. The van der Waals surface area contributed by atoms with E-state index in [1.807, 2.05) is 6.92 Å². The maximum Gasteiger partial charge on any atom is 0.264 e. The van der Waals surface area contributed by atoms with Gasteiger partial charge < -0.3 is 15.4 Å². The molecule has 0 unspecified atom stereocenters. The van der Waals surface area contributed by atoms with E-state index in [0.29, 0.717) is 29.4 Å². The van der Waals surface area contributed by atoms with Crippen molar-refractivity contribution in [2.75, 3.05) is 22.8 Å². The molecule has 5 rings (SSSR count). The number of aryl methyl sites for hydroxylation is 1. The molecule has 2 N–H and O–H groups in total. The lowest BCUT2D eigenvalue weighted by molar-refractivity contribution is 0.0858. The van der Waals surface area contributed by atoms with Crippen molar-refractivity contribution in [2.24, 2.45) is 0 Å². The number of amides is 2. The first-order chi connectivity index (χ1) is 20.7. The average Bonchev–Trinajstić information content (AvgIpc) is 3.54. The third-order valence-electron chi connectivity index (χ3n) is 7.20. The molecule has 1 aliphatic heterocycles. The van der Waals surface area contributed by atoms with Gasteiger partial charge in [0.25, 0.3) is 21.8 Å². The van der Waals surface area contributed by atoms with Crippen molar-refractivity contribution < 1.29 is 22.7 Å². The van der Waals surface area contributed by atoms with Gasteiger partial charge in [-0.15, -0.1) is 0 Å². The standard InChI is InChI=1S/C33H32ClN3O5S/c1-23-12-18-27(19-13-23)43(40,41)37(22-24-14-16-25(34)17-15-24)31-11-5-3-9-29(31)33(39)36-30-10-4-2-8-28(30)32(38)35-21-26-7-6-20-42-26/h2-5,8-19,26H,6-7,20-22H2,1H3,(H,35,38)(H,36,39)/t26-/m0/s1. The number of ether oxygens (including phenoxy) is 1. The number of anilines is 2. The molecule has 1 heterocycles. The molecule has 222 valence electrons. The van der Waals surface area contributed by atoms with Gasteiger partial charge in [0.15, 0.2) is 0 Å². The van der Waals surface area contributed by atoms with Crippen LogP contribution in [0, 0.1) is 6.92 Å². The second kappa shape index (κ2) is 13.4. The summed E-state index contributed by atoms with van der Waals surface area (Å²) >= 11 is 6.08. The molecule has 1 atom stereocenters. The van der Waals surface area contributed by atoms with Crippen LogP contribution in [0.4, 0.5) is 11.4 Å². The van der Waals surface area contributed by atoms with E-state index in [0.717, 1.165) is 18.4 Å². The SMILES string of the molecule is Cc1ccc(S(=O)(=O)N(Cc2ccc(Cl)cc2)c2ccccc2C(=O)Nc2ccccc2C(=O)NC[C@@H]2CCCO2)cc1. The minimum atomic E-state index is -4.10. The van der Waals surface area contributed by atoms with Crippen molar-refractivity contribution >= 4 is 44.8 Å². The number of hydrogen-bond donors (Lipinski definition) is 2. The fourth-order valence-corrected chi connectivity index (χ4v) is 6.46. The summed E-state index contributed by atoms with van der Waals surface area (Å²) in [7, 11) is -4.10. The summed E-state index contributed by atoms with van der Waals surface area (Å²) in [6.07, 6.45) is 1.81. The monoisotopic (exact) mass is 617 g/mol. The predicted octanol–water partition coefficient (Wildman–Crippen LogP) is 6.21. The molecule has 0 saturated carbocycles. The lowest BCUT2D eigenvalue weighted by atomic mass is 10.1. The highest BCUT2D eigenvalue weighted by Gasteiger charge is 2.29. The van der Waals surface area contributed by atoms with Crippen LogP contribution in [0.3, 0.4) is 0 Å². The van der Waals surface area contributed by atoms with E-state index < -0.39 is 15.9 Å². The highest BCUT2D eigenvalue weighted by Crippen LogP contribution is 2.31. The largest absolute Gasteiger partial charge is 0.376 e. The molecule has 0 radical (unpaired) electrons. The number of carbonyl (C=O) groups excluding carboxylic acids is 2. The van der Waals surface area contributed by atoms with E-state index in [1.54, 1.807) is 97.1 Å². The van der Waals surface area contributed by atoms with Crippen LogP contribution in [0.1, 0.15) is 44.7 Å². The quantitative estimate of drug-likeness (QED) is 0.220. The molecule has 1 aliphatic rings. The van der Waals surface area contributed by atoms with E-state index in [-0.39, 0.29) is 40.3 Å². The molecule has 1 fully saturated rings. The number of benzene rings is 4. The molecule has 0 bridgehead atoms. The number of rotatable bonds is 10. The van der Waals surface area contributed by atoms with Crippen LogP contribution in [0.5, 0.6) is 0 Å². The average molecular weight is 618 g/mol. The fourth-order valence-electron chi connectivity index (χ4n) is 4.86. The number of carbonyl (C=O) groups is 2. The molecule has 43 heavy (non-hydrogen) atoms. The van der Waals surface area contributed by atoms with Gasteiger partial charge >= 0.3 is 0 Å². The maximum absolute atomic E-state index is 14.1. The summed E-state index contributed by atoms with van der Waals surface area (Å²) in [6.45, 7) is 2.89. The minimum absolute atomic E-state index is 0.0281.